The molecule has 4 rings (SSSR count). The van der Waals surface area contributed by atoms with Gasteiger partial charge in [0.1, 0.15) is 0 Å². The number of carbonyl (C=O) groups is 1. The molecule has 1 aliphatic heterocycles. The number of alkyl halides is 1. The standard InChI is InChI=1S/C24H29ClFN3O2/c1-14-4-9-21-20(10-14)24(3,26)23(31)29(21)13-16-5-7-18(8-6-16)28-22(30)19-11-17(25)12-27-15(19)2/h4,9-12,16,18,23,31H,5-8,13H2,1-3H3,(H,28,30). The van der Waals surface area contributed by atoms with Crippen LogP contribution in [0.15, 0.2) is 30.5 Å². The molecule has 2 heterocycles. The first-order valence-corrected chi connectivity index (χ1v) is 11.2. The van der Waals surface area contributed by atoms with Crippen LogP contribution < -0.4 is 10.2 Å². The number of aliphatic hydroxyl groups excluding tert-OH is 1. The third-order valence-electron chi connectivity index (χ3n) is 6.70. The normalized spacial score (nSPS) is 27.8. The van der Waals surface area contributed by atoms with E-state index in [2.05, 4.69) is 10.3 Å². The number of pyridine rings is 1. The third-order valence-corrected chi connectivity index (χ3v) is 6.91. The summed E-state index contributed by atoms with van der Waals surface area (Å²) in [6.45, 7) is 5.78. The number of aryl methyl sites for hydroxylation is 2. The number of aromatic nitrogens is 1. The molecule has 5 nitrogen and oxygen atoms in total. The molecule has 0 saturated heterocycles. The highest BCUT2D eigenvalue weighted by Crippen LogP contribution is 2.46. The van der Waals surface area contributed by atoms with Crippen molar-refractivity contribution in [3.63, 3.8) is 0 Å². The second kappa shape index (κ2) is 8.40. The number of halogens is 2. The van der Waals surface area contributed by atoms with Gasteiger partial charge < -0.3 is 15.3 Å². The molecule has 2 atom stereocenters. The maximum atomic E-state index is 15.3. The Balaban J connectivity index is 1.37. The highest BCUT2D eigenvalue weighted by Gasteiger charge is 2.48. The van der Waals surface area contributed by atoms with Gasteiger partial charge in [0.15, 0.2) is 11.9 Å². The first kappa shape index (κ1) is 22.0. The quantitative estimate of drug-likeness (QED) is 0.718. The summed E-state index contributed by atoms with van der Waals surface area (Å²) in [5, 5.41) is 14.2. The van der Waals surface area contributed by atoms with Crippen LogP contribution in [0.5, 0.6) is 0 Å². The highest BCUT2D eigenvalue weighted by atomic mass is 35.5. The molecule has 1 aromatic heterocycles. The summed E-state index contributed by atoms with van der Waals surface area (Å²) in [6.07, 6.45) is 3.87. The fourth-order valence-corrected chi connectivity index (χ4v) is 4.98. The first-order valence-electron chi connectivity index (χ1n) is 10.8. The molecule has 7 heteroatoms. The monoisotopic (exact) mass is 445 g/mol. The molecule has 2 N–H and O–H groups in total. The van der Waals surface area contributed by atoms with Gasteiger partial charge in [-0.25, -0.2) is 4.39 Å². The van der Waals surface area contributed by atoms with Gasteiger partial charge in [-0.1, -0.05) is 29.3 Å². The number of carbonyl (C=O) groups excluding carboxylic acids is 1. The Morgan fingerprint density at radius 3 is 2.71 bits per heavy atom. The van der Waals surface area contributed by atoms with Crippen LogP contribution in [-0.2, 0) is 5.67 Å². The molecule has 1 fully saturated rings. The summed E-state index contributed by atoms with van der Waals surface area (Å²) >= 11 is 5.99. The fraction of sp³-hybridized carbons (Fsp3) is 0.500. The van der Waals surface area contributed by atoms with Crippen LogP contribution in [0, 0.1) is 19.8 Å². The average Bonchev–Trinajstić information content (AvgIpc) is 2.91. The second-order valence-corrected chi connectivity index (χ2v) is 9.54. The van der Waals surface area contributed by atoms with Gasteiger partial charge >= 0.3 is 0 Å². The van der Waals surface area contributed by atoms with E-state index in [9.17, 15) is 9.90 Å². The molecule has 1 aliphatic carbocycles. The predicted molar refractivity (Wildman–Crippen MR) is 120 cm³/mol. The molecule has 0 spiro atoms. The molecule has 1 amide bonds. The average molecular weight is 446 g/mol. The van der Waals surface area contributed by atoms with E-state index in [0.29, 0.717) is 34.3 Å². The molecule has 31 heavy (non-hydrogen) atoms. The zero-order valence-electron chi connectivity index (χ0n) is 18.2. The van der Waals surface area contributed by atoms with Crippen molar-refractivity contribution in [3.8, 4) is 0 Å². The Bertz CT molecular complexity index is 989. The Morgan fingerprint density at radius 1 is 1.29 bits per heavy atom. The number of anilines is 1. The van der Waals surface area contributed by atoms with Gasteiger partial charge in [-0.05, 0) is 64.5 Å². The van der Waals surface area contributed by atoms with Crippen LogP contribution in [0.4, 0.5) is 10.1 Å². The van der Waals surface area contributed by atoms with Crippen molar-refractivity contribution in [3.05, 3.63) is 57.9 Å². The van der Waals surface area contributed by atoms with E-state index in [1.165, 1.54) is 13.1 Å². The van der Waals surface area contributed by atoms with E-state index >= 15 is 4.39 Å². The summed E-state index contributed by atoms with van der Waals surface area (Å²) in [4.78, 5) is 18.6. The van der Waals surface area contributed by atoms with Crippen molar-refractivity contribution < 1.29 is 14.3 Å². The lowest BCUT2D eigenvalue weighted by molar-refractivity contribution is 0.0102. The predicted octanol–water partition coefficient (Wildman–Crippen LogP) is 4.66. The van der Waals surface area contributed by atoms with Gasteiger partial charge in [0.25, 0.3) is 5.91 Å². The van der Waals surface area contributed by atoms with E-state index in [1.807, 2.05) is 25.1 Å². The second-order valence-electron chi connectivity index (χ2n) is 9.10. The van der Waals surface area contributed by atoms with Crippen molar-refractivity contribution in [1.29, 1.82) is 0 Å². The van der Waals surface area contributed by atoms with E-state index < -0.39 is 11.9 Å². The molecule has 0 radical (unpaired) electrons. The topological polar surface area (TPSA) is 65.5 Å². The number of nitrogens with zero attached hydrogens (tertiary/aromatic N) is 2. The molecule has 2 unspecified atom stereocenters. The summed E-state index contributed by atoms with van der Waals surface area (Å²) in [5.41, 5.74) is 1.70. The van der Waals surface area contributed by atoms with Crippen LogP contribution in [0.2, 0.25) is 5.02 Å². The summed E-state index contributed by atoms with van der Waals surface area (Å²) in [7, 11) is 0. The molecule has 166 valence electrons. The highest BCUT2D eigenvalue weighted by molar-refractivity contribution is 6.30. The first-order chi connectivity index (χ1) is 14.7. The summed E-state index contributed by atoms with van der Waals surface area (Å²) in [5.74, 6) is 0.184. The fourth-order valence-electron chi connectivity index (χ4n) is 4.82. The number of amides is 1. The maximum Gasteiger partial charge on any atom is 0.253 e. The SMILES string of the molecule is Cc1ccc2c(c1)C(C)(F)C(O)N2CC1CCC(NC(=O)c2cc(Cl)cnc2C)CC1. The number of nitrogens with one attached hydrogen (secondary N) is 1. The van der Waals surface area contributed by atoms with Gasteiger partial charge in [0.05, 0.1) is 16.3 Å². The Kier molecular flexibility index (Phi) is 5.97. The van der Waals surface area contributed by atoms with Crippen LogP contribution >= 0.6 is 11.6 Å². The third kappa shape index (κ3) is 4.28. The minimum Gasteiger partial charge on any atom is -0.370 e. The number of benzene rings is 1. The van der Waals surface area contributed by atoms with Gasteiger partial charge in [0, 0.05) is 30.0 Å². The van der Waals surface area contributed by atoms with E-state index in [0.717, 1.165) is 36.9 Å². The maximum absolute atomic E-state index is 15.3. The van der Waals surface area contributed by atoms with Crippen molar-refractivity contribution >= 4 is 23.2 Å². The number of aliphatic hydroxyl groups is 1. The zero-order valence-corrected chi connectivity index (χ0v) is 18.9. The molecule has 0 bridgehead atoms. The number of rotatable bonds is 4. The Hall–Kier alpha value is -2.18. The largest absolute Gasteiger partial charge is 0.370 e. The van der Waals surface area contributed by atoms with Gasteiger partial charge in [-0.3, -0.25) is 9.78 Å². The summed E-state index contributed by atoms with van der Waals surface area (Å²) < 4.78 is 15.3. The van der Waals surface area contributed by atoms with Crippen molar-refractivity contribution in [1.82, 2.24) is 10.3 Å². The molecule has 1 aromatic carbocycles. The minimum absolute atomic E-state index is 0.0898. The van der Waals surface area contributed by atoms with E-state index in [4.69, 9.17) is 11.6 Å². The number of hydrogen-bond donors (Lipinski definition) is 2. The van der Waals surface area contributed by atoms with Crippen LogP contribution in [0.25, 0.3) is 0 Å². The molecular formula is C24H29ClFN3O2. The molecule has 2 aromatic rings. The lowest BCUT2D eigenvalue weighted by Gasteiger charge is -2.35. The Morgan fingerprint density at radius 2 is 2.00 bits per heavy atom. The van der Waals surface area contributed by atoms with Crippen molar-refractivity contribution in [2.45, 2.75) is 64.4 Å². The Labute approximate surface area is 187 Å². The van der Waals surface area contributed by atoms with E-state index in [-0.39, 0.29) is 11.9 Å². The lowest BCUT2D eigenvalue weighted by Crippen LogP contribution is -2.44. The minimum atomic E-state index is -1.78. The molecular weight excluding hydrogens is 417 g/mol. The van der Waals surface area contributed by atoms with Crippen molar-refractivity contribution in [2.75, 3.05) is 11.4 Å². The van der Waals surface area contributed by atoms with Crippen LogP contribution in [0.1, 0.15) is 59.8 Å². The molecule has 2 aliphatic rings. The van der Waals surface area contributed by atoms with Gasteiger partial charge in [-0.15, -0.1) is 0 Å². The van der Waals surface area contributed by atoms with Crippen molar-refractivity contribution in [2.24, 2.45) is 5.92 Å². The number of hydrogen-bond acceptors (Lipinski definition) is 4. The van der Waals surface area contributed by atoms with Gasteiger partial charge in [0.2, 0.25) is 0 Å². The van der Waals surface area contributed by atoms with Crippen LogP contribution in [-0.4, -0.2) is 34.8 Å². The molecule has 1 saturated carbocycles. The number of fused-ring (bicyclic) bond motifs is 1. The van der Waals surface area contributed by atoms with Crippen LogP contribution in [0.3, 0.4) is 0 Å². The lowest BCUT2D eigenvalue weighted by atomic mass is 9.85. The summed E-state index contributed by atoms with van der Waals surface area (Å²) in [6, 6.07) is 7.43. The van der Waals surface area contributed by atoms with Gasteiger partial charge in [-0.2, -0.15) is 0 Å². The smallest absolute Gasteiger partial charge is 0.253 e. The van der Waals surface area contributed by atoms with E-state index in [1.54, 1.807) is 17.9 Å². The zero-order chi connectivity index (χ0) is 22.3.